The number of nitrogens with one attached hydrogen (secondary N) is 1. The van der Waals surface area contributed by atoms with Crippen molar-refractivity contribution < 1.29 is 13.7 Å². The van der Waals surface area contributed by atoms with Gasteiger partial charge in [0.25, 0.3) is 5.91 Å². The highest BCUT2D eigenvalue weighted by Crippen LogP contribution is 2.33. The van der Waals surface area contributed by atoms with Gasteiger partial charge in [0.1, 0.15) is 0 Å². The highest BCUT2D eigenvalue weighted by atomic mass is 19.1. The number of aromatic nitrogens is 2. The Balaban J connectivity index is 1.58. The lowest BCUT2D eigenvalue weighted by Gasteiger charge is -2.37. The molecule has 1 amide bonds. The van der Waals surface area contributed by atoms with Crippen molar-refractivity contribution in [2.24, 2.45) is 5.92 Å². The molecule has 1 saturated heterocycles. The normalized spacial score (nSPS) is 20.9. The van der Waals surface area contributed by atoms with E-state index in [1.54, 1.807) is 0 Å². The number of allylic oxidation sites excluding steroid dienone is 1. The maximum atomic E-state index is 13.5. The Morgan fingerprint density at radius 3 is 2.78 bits per heavy atom. The van der Waals surface area contributed by atoms with E-state index in [-0.39, 0.29) is 11.8 Å². The SMILES string of the molecule is O=C(/C(F)=C/C1CC1)N1CC(c2noc(=O)[nH]2)C1. The van der Waals surface area contributed by atoms with Gasteiger partial charge in [-0.15, -0.1) is 0 Å². The molecule has 2 fully saturated rings. The molecule has 0 bridgehead atoms. The second-order valence-corrected chi connectivity index (χ2v) is 4.74. The standard InChI is InChI=1S/C11H12FN3O3/c12-8(3-6-1-2-6)10(16)15-4-7(5-15)9-13-11(17)18-14-9/h3,6-7H,1-2,4-5H2,(H,13,14,17)/b8-3-. The average Bonchev–Trinajstić information content (AvgIpc) is 2.98. The molecule has 1 aromatic rings. The summed E-state index contributed by atoms with van der Waals surface area (Å²) in [7, 11) is 0. The van der Waals surface area contributed by atoms with Crippen molar-refractivity contribution in [1.29, 1.82) is 0 Å². The molecule has 3 rings (SSSR count). The van der Waals surface area contributed by atoms with Crippen molar-refractivity contribution in [2.75, 3.05) is 13.1 Å². The second-order valence-electron chi connectivity index (χ2n) is 4.74. The number of carbonyl (C=O) groups is 1. The molecule has 0 aromatic carbocycles. The molecule has 7 heteroatoms. The summed E-state index contributed by atoms with van der Waals surface area (Å²) in [5.74, 6) is -1.30. The molecule has 2 heterocycles. The van der Waals surface area contributed by atoms with E-state index >= 15 is 0 Å². The first-order valence-corrected chi connectivity index (χ1v) is 5.86. The third-order valence-electron chi connectivity index (χ3n) is 3.22. The van der Waals surface area contributed by atoms with Crippen LogP contribution in [0.2, 0.25) is 0 Å². The molecule has 1 aliphatic carbocycles. The van der Waals surface area contributed by atoms with Crippen LogP contribution in [0.5, 0.6) is 0 Å². The number of H-pyrrole nitrogens is 1. The third-order valence-corrected chi connectivity index (χ3v) is 3.22. The Bertz CT molecular complexity index is 552. The predicted octanol–water partition coefficient (Wildman–Crippen LogP) is 0.552. The Morgan fingerprint density at radius 1 is 1.50 bits per heavy atom. The molecule has 1 aliphatic heterocycles. The van der Waals surface area contributed by atoms with Gasteiger partial charge in [0.2, 0.25) is 0 Å². The summed E-state index contributed by atoms with van der Waals surface area (Å²) in [6, 6.07) is 0. The van der Waals surface area contributed by atoms with Gasteiger partial charge in [-0.2, -0.15) is 0 Å². The highest BCUT2D eigenvalue weighted by Gasteiger charge is 2.36. The first-order chi connectivity index (χ1) is 8.63. The topological polar surface area (TPSA) is 79.2 Å². The van der Waals surface area contributed by atoms with Gasteiger partial charge in [0.05, 0.1) is 5.92 Å². The minimum atomic E-state index is -0.676. The summed E-state index contributed by atoms with van der Waals surface area (Å²) in [6.07, 6.45) is 3.32. The number of hydrogen-bond donors (Lipinski definition) is 1. The second kappa shape index (κ2) is 4.08. The summed E-state index contributed by atoms with van der Waals surface area (Å²) >= 11 is 0. The van der Waals surface area contributed by atoms with Crippen LogP contribution in [0.25, 0.3) is 0 Å². The van der Waals surface area contributed by atoms with E-state index in [2.05, 4.69) is 14.7 Å². The van der Waals surface area contributed by atoms with Gasteiger partial charge >= 0.3 is 5.76 Å². The molecular weight excluding hydrogens is 241 g/mol. The lowest BCUT2D eigenvalue weighted by Crippen LogP contribution is -2.49. The van der Waals surface area contributed by atoms with Gasteiger partial charge in [-0.3, -0.25) is 14.3 Å². The van der Waals surface area contributed by atoms with E-state index in [1.165, 1.54) is 11.0 Å². The van der Waals surface area contributed by atoms with Gasteiger partial charge in [-0.1, -0.05) is 5.16 Å². The number of aromatic amines is 1. The van der Waals surface area contributed by atoms with Crippen LogP contribution in [0.3, 0.4) is 0 Å². The fourth-order valence-electron chi connectivity index (χ4n) is 1.93. The first kappa shape index (κ1) is 11.2. The molecule has 6 nitrogen and oxygen atoms in total. The molecule has 0 radical (unpaired) electrons. The number of nitrogens with zero attached hydrogens (tertiary/aromatic N) is 2. The van der Waals surface area contributed by atoms with E-state index in [0.29, 0.717) is 18.9 Å². The smallest absolute Gasteiger partial charge is 0.335 e. The predicted molar refractivity (Wildman–Crippen MR) is 58.4 cm³/mol. The number of carbonyl (C=O) groups excluding carboxylic acids is 1. The zero-order valence-electron chi connectivity index (χ0n) is 9.56. The van der Waals surface area contributed by atoms with Crippen LogP contribution in [0.1, 0.15) is 24.6 Å². The van der Waals surface area contributed by atoms with Gasteiger partial charge in [0.15, 0.2) is 11.7 Å². The largest absolute Gasteiger partial charge is 0.438 e. The third kappa shape index (κ3) is 2.07. The minimum Gasteiger partial charge on any atom is -0.335 e. The summed E-state index contributed by atoms with van der Waals surface area (Å²) in [5, 5.41) is 3.55. The zero-order chi connectivity index (χ0) is 12.7. The maximum Gasteiger partial charge on any atom is 0.438 e. The molecular formula is C11H12FN3O3. The maximum absolute atomic E-state index is 13.5. The fraction of sp³-hybridized carbons (Fsp3) is 0.545. The van der Waals surface area contributed by atoms with Crippen molar-refractivity contribution in [1.82, 2.24) is 15.0 Å². The lowest BCUT2D eigenvalue weighted by molar-refractivity contribution is -0.133. The fourth-order valence-corrected chi connectivity index (χ4v) is 1.93. The lowest BCUT2D eigenvalue weighted by atomic mass is 9.99. The van der Waals surface area contributed by atoms with Crippen molar-refractivity contribution in [3.63, 3.8) is 0 Å². The molecule has 2 aliphatic rings. The highest BCUT2D eigenvalue weighted by molar-refractivity contribution is 5.92. The Labute approximate surface area is 101 Å². The van der Waals surface area contributed by atoms with Gasteiger partial charge < -0.3 is 4.90 Å². The zero-order valence-corrected chi connectivity index (χ0v) is 9.56. The number of halogens is 1. The van der Waals surface area contributed by atoms with Gasteiger partial charge in [-0.25, -0.2) is 9.18 Å². The average molecular weight is 253 g/mol. The van der Waals surface area contributed by atoms with Crippen molar-refractivity contribution in [3.05, 3.63) is 28.3 Å². The van der Waals surface area contributed by atoms with E-state index < -0.39 is 17.5 Å². The molecule has 1 N–H and O–H groups in total. The van der Waals surface area contributed by atoms with E-state index in [1.807, 2.05) is 0 Å². The van der Waals surface area contributed by atoms with E-state index in [0.717, 1.165) is 12.8 Å². The van der Waals surface area contributed by atoms with Crippen LogP contribution in [0.15, 0.2) is 21.2 Å². The van der Waals surface area contributed by atoms with Crippen LogP contribution < -0.4 is 5.76 Å². The summed E-state index contributed by atoms with van der Waals surface area (Å²) in [4.78, 5) is 26.2. The monoisotopic (exact) mass is 253 g/mol. The summed E-state index contributed by atoms with van der Waals surface area (Å²) in [5.41, 5.74) is 0. The van der Waals surface area contributed by atoms with Crippen molar-refractivity contribution in [3.8, 4) is 0 Å². The quantitative estimate of drug-likeness (QED) is 0.798. The van der Waals surface area contributed by atoms with E-state index in [4.69, 9.17) is 0 Å². The first-order valence-electron chi connectivity index (χ1n) is 5.86. The number of likely N-dealkylation sites (tertiary alicyclic amines) is 1. The van der Waals surface area contributed by atoms with Crippen molar-refractivity contribution >= 4 is 5.91 Å². The van der Waals surface area contributed by atoms with E-state index in [9.17, 15) is 14.0 Å². The van der Waals surface area contributed by atoms with Gasteiger partial charge in [0, 0.05) is 13.1 Å². The summed E-state index contributed by atoms with van der Waals surface area (Å²) in [6.45, 7) is 0.709. The van der Waals surface area contributed by atoms with Crippen LogP contribution in [0.4, 0.5) is 4.39 Å². The number of hydrogen-bond acceptors (Lipinski definition) is 4. The van der Waals surface area contributed by atoms with Crippen molar-refractivity contribution in [2.45, 2.75) is 18.8 Å². The number of rotatable bonds is 3. The molecule has 0 atom stereocenters. The van der Waals surface area contributed by atoms with Gasteiger partial charge in [-0.05, 0) is 24.8 Å². The van der Waals surface area contributed by atoms with Crippen LogP contribution in [-0.4, -0.2) is 34.0 Å². The van der Waals surface area contributed by atoms with Crippen LogP contribution >= 0.6 is 0 Å². The number of amides is 1. The Kier molecular flexibility index (Phi) is 2.53. The molecule has 0 unspecified atom stereocenters. The minimum absolute atomic E-state index is 0.0749. The molecule has 96 valence electrons. The Hall–Kier alpha value is -1.92. The Morgan fingerprint density at radius 2 is 2.22 bits per heavy atom. The van der Waals surface area contributed by atoms with Crippen LogP contribution in [-0.2, 0) is 4.79 Å². The molecule has 1 aromatic heterocycles. The summed E-state index contributed by atoms with van der Waals surface area (Å²) < 4.78 is 17.8. The molecule has 18 heavy (non-hydrogen) atoms. The molecule has 0 spiro atoms. The molecule has 1 saturated carbocycles. The van der Waals surface area contributed by atoms with Crippen LogP contribution in [0, 0.1) is 5.92 Å².